The minimum atomic E-state index is -0.381. The number of anilines is 2. The first-order chi connectivity index (χ1) is 26.3. The van der Waals surface area contributed by atoms with E-state index in [9.17, 15) is 5.21 Å². The molecule has 0 spiro atoms. The molecule has 273 valence electrons. The first-order valence-corrected chi connectivity index (χ1v) is 18.5. The Bertz CT molecular complexity index is 2240. The summed E-state index contributed by atoms with van der Waals surface area (Å²) in [6, 6.07) is 52.8. The van der Waals surface area contributed by atoms with Gasteiger partial charge in [0.1, 0.15) is 0 Å². The van der Waals surface area contributed by atoms with Crippen LogP contribution in [-0.4, -0.2) is 26.0 Å². The number of aliphatic imine (C=N–C) groups is 1. The molecule has 2 unspecified atom stereocenters. The third-order valence-corrected chi connectivity index (χ3v) is 10.2. The standard InChI is InChI=1S/C32H33N3O.C18H16.Y/c1-23-11-18-28(19-12-23)32(2,27-9-7-6-8-10-27)22-30(34-4)25-15-13-24(14-16-25)26-17-20-29(33-3)31(21-26)35(5)36;1-3-9-15(10-4-1)17-13-7-8-14-18(17)16-11-5-2-6-12-16;/h6-22,33,36H,4H2,1-3,5H3;1-11,13-14,16H,12H2;/b30-22-;;. The van der Waals surface area contributed by atoms with Crippen LogP contribution in [0.25, 0.3) is 28.0 Å². The van der Waals surface area contributed by atoms with Crippen LogP contribution in [0.2, 0.25) is 0 Å². The zero-order valence-corrected chi connectivity index (χ0v) is 35.1. The fraction of sp³-hybridized carbons (Fsp3) is 0.140. The molecule has 1 aliphatic rings. The minimum Gasteiger partial charge on any atom is -0.386 e. The Labute approximate surface area is 352 Å². The predicted octanol–water partition coefficient (Wildman–Crippen LogP) is 12.5. The smallest absolute Gasteiger partial charge is 0.0868 e. The molecule has 1 aliphatic carbocycles. The van der Waals surface area contributed by atoms with Crippen LogP contribution in [0.4, 0.5) is 11.4 Å². The maximum Gasteiger partial charge on any atom is 0.0868 e. The summed E-state index contributed by atoms with van der Waals surface area (Å²) < 4.78 is 0. The van der Waals surface area contributed by atoms with Crippen LogP contribution in [0, 0.1) is 6.92 Å². The van der Waals surface area contributed by atoms with Crippen LogP contribution >= 0.6 is 0 Å². The Morgan fingerprint density at radius 1 is 0.764 bits per heavy atom. The molecule has 2 N–H and O–H groups in total. The molecule has 0 fully saturated rings. The average molecular weight is 797 g/mol. The van der Waals surface area contributed by atoms with E-state index in [4.69, 9.17) is 0 Å². The zero-order valence-electron chi connectivity index (χ0n) is 32.2. The normalized spacial score (nSPS) is 14.4. The Kier molecular flexibility index (Phi) is 14.5. The number of rotatable bonds is 10. The molecule has 0 saturated carbocycles. The Morgan fingerprint density at radius 2 is 1.38 bits per heavy atom. The molecule has 0 heterocycles. The molecule has 6 aromatic rings. The second-order valence-electron chi connectivity index (χ2n) is 13.8. The van der Waals surface area contributed by atoms with Gasteiger partial charge in [-0.15, -0.1) is 0 Å². The van der Waals surface area contributed by atoms with E-state index in [-0.39, 0.29) is 38.1 Å². The molecule has 1 radical (unpaired) electrons. The number of aryl methyl sites for hydroxylation is 1. The van der Waals surface area contributed by atoms with Crippen molar-refractivity contribution in [3.05, 3.63) is 210 Å². The summed E-state index contributed by atoms with van der Waals surface area (Å²) in [5.41, 5.74) is 12.8. The third kappa shape index (κ3) is 9.95. The number of nitrogens with one attached hydrogen (secondary N) is 1. The summed E-state index contributed by atoms with van der Waals surface area (Å²) in [7, 11) is 3.46. The molecule has 2 atom stereocenters. The number of hydrogen-bond acceptors (Lipinski definition) is 4. The average Bonchev–Trinajstić information content (AvgIpc) is 3.24. The second-order valence-corrected chi connectivity index (χ2v) is 13.8. The number of benzene rings is 6. The maximum atomic E-state index is 10.0. The van der Waals surface area contributed by atoms with Crippen molar-refractivity contribution in [1.82, 2.24) is 0 Å². The molecule has 0 bridgehead atoms. The molecule has 5 heteroatoms. The minimum absolute atomic E-state index is 0. The zero-order chi connectivity index (χ0) is 37.9. The summed E-state index contributed by atoms with van der Waals surface area (Å²) in [6.07, 6.45) is 12.1. The summed E-state index contributed by atoms with van der Waals surface area (Å²) >= 11 is 0. The Hall–Kier alpha value is -5.13. The quantitative estimate of drug-likeness (QED) is 0.107. The van der Waals surface area contributed by atoms with Gasteiger partial charge >= 0.3 is 0 Å². The monoisotopic (exact) mass is 796 g/mol. The number of hydroxylamine groups is 1. The molecule has 7 rings (SSSR count). The molecular formula is C50H49N3OY. The third-order valence-electron chi connectivity index (χ3n) is 10.2. The van der Waals surface area contributed by atoms with Gasteiger partial charge in [0, 0.05) is 58.1 Å². The Morgan fingerprint density at radius 3 is 2.00 bits per heavy atom. The fourth-order valence-corrected chi connectivity index (χ4v) is 7.05. The fourth-order valence-electron chi connectivity index (χ4n) is 7.05. The van der Waals surface area contributed by atoms with Gasteiger partial charge in [-0.05, 0) is 89.7 Å². The summed E-state index contributed by atoms with van der Waals surface area (Å²) in [6.45, 7) is 8.22. The van der Waals surface area contributed by atoms with Gasteiger partial charge in [0.2, 0.25) is 0 Å². The predicted molar refractivity (Wildman–Crippen MR) is 231 cm³/mol. The van der Waals surface area contributed by atoms with E-state index in [1.54, 1.807) is 7.05 Å². The number of hydrogen-bond donors (Lipinski definition) is 2. The second kappa shape index (κ2) is 19.5. The molecular weight excluding hydrogens is 747 g/mol. The van der Waals surface area contributed by atoms with Crippen molar-refractivity contribution in [3.63, 3.8) is 0 Å². The van der Waals surface area contributed by atoms with Gasteiger partial charge in [0.15, 0.2) is 0 Å². The van der Waals surface area contributed by atoms with E-state index >= 15 is 0 Å². The number of nitrogens with zero attached hydrogens (tertiary/aromatic N) is 2. The van der Waals surface area contributed by atoms with E-state index in [1.807, 2.05) is 31.3 Å². The van der Waals surface area contributed by atoms with Gasteiger partial charge in [-0.1, -0.05) is 169 Å². The van der Waals surface area contributed by atoms with Crippen molar-refractivity contribution in [2.45, 2.75) is 31.6 Å². The molecule has 0 amide bonds. The molecule has 0 aromatic heterocycles. The van der Waals surface area contributed by atoms with Crippen molar-refractivity contribution in [2.75, 3.05) is 24.5 Å². The summed E-state index contributed by atoms with van der Waals surface area (Å²) in [5.74, 6) is 0.506. The molecule has 55 heavy (non-hydrogen) atoms. The maximum absolute atomic E-state index is 10.0. The Balaban J connectivity index is 0.000000255. The SMILES string of the molecule is C1=CCC(c2ccccc2-c2ccccc2)C=C1.C=N/C(=C\C(C)(c1ccccc1)c1ccc(C)cc1)c1ccc(-c2ccc(NC)c(N(C)O)c2)cc1.[Y]. The van der Waals surface area contributed by atoms with Gasteiger partial charge < -0.3 is 5.32 Å². The van der Waals surface area contributed by atoms with Crippen molar-refractivity contribution < 1.29 is 37.9 Å². The van der Waals surface area contributed by atoms with E-state index in [2.05, 4.69) is 189 Å². The van der Waals surface area contributed by atoms with Gasteiger partial charge in [-0.25, -0.2) is 0 Å². The van der Waals surface area contributed by atoms with Gasteiger partial charge in [-0.2, -0.15) is 0 Å². The van der Waals surface area contributed by atoms with Crippen LogP contribution < -0.4 is 10.4 Å². The first-order valence-electron chi connectivity index (χ1n) is 18.5. The van der Waals surface area contributed by atoms with Crippen LogP contribution in [0.1, 0.15) is 47.1 Å². The van der Waals surface area contributed by atoms with E-state index in [1.165, 1.54) is 33.4 Å². The first kappa shape index (κ1) is 41.0. The van der Waals surface area contributed by atoms with E-state index < -0.39 is 0 Å². The van der Waals surface area contributed by atoms with Gasteiger partial charge in [0.25, 0.3) is 0 Å². The molecule has 0 saturated heterocycles. The van der Waals surface area contributed by atoms with Crippen LogP contribution in [-0.2, 0) is 38.1 Å². The van der Waals surface area contributed by atoms with E-state index in [0.717, 1.165) is 39.6 Å². The van der Waals surface area contributed by atoms with Crippen molar-refractivity contribution in [3.8, 4) is 22.3 Å². The van der Waals surface area contributed by atoms with Crippen molar-refractivity contribution in [2.24, 2.45) is 4.99 Å². The van der Waals surface area contributed by atoms with E-state index in [0.29, 0.717) is 11.6 Å². The van der Waals surface area contributed by atoms with Gasteiger partial charge in [0.05, 0.1) is 17.1 Å². The summed E-state index contributed by atoms with van der Waals surface area (Å²) in [4.78, 5) is 4.44. The van der Waals surface area contributed by atoms with Gasteiger partial charge in [-0.3, -0.25) is 15.3 Å². The van der Waals surface area contributed by atoms with Crippen LogP contribution in [0.5, 0.6) is 0 Å². The van der Waals surface area contributed by atoms with Crippen molar-refractivity contribution in [1.29, 1.82) is 0 Å². The van der Waals surface area contributed by atoms with Crippen LogP contribution in [0.3, 0.4) is 0 Å². The number of allylic oxidation sites excluding steroid dienone is 5. The summed E-state index contributed by atoms with van der Waals surface area (Å²) in [5, 5.41) is 14.3. The van der Waals surface area contributed by atoms with Crippen molar-refractivity contribution >= 4 is 23.8 Å². The van der Waals surface area contributed by atoms with Crippen LogP contribution in [0.15, 0.2) is 187 Å². The topological polar surface area (TPSA) is 47.9 Å². The molecule has 0 aliphatic heterocycles. The molecule has 4 nitrogen and oxygen atoms in total. The molecule has 6 aromatic carbocycles. The largest absolute Gasteiger partial charge is 0.386 e.